The second-order valence-corrected chi connectivity index (χ2v) is 8.02. The predicted octanol–water partition coefficient (Wildman–Crippen LogP) is 7.60. The SMILES string of the molecule is C=CC=CC=C(C)C(C)(C)c1ccc(C(C)(CC)C2=CC=CCC2)cc1. The number of hydrogen-bond acceptors (Lipinski definition) is 0. The van der Waals surface area contributed by atoms with Gasteiger partial charge in [0.1, 0.15) is 0 Å². The Bertz CT molecular complexity index is 735. The minimum Gasteiger partial charge on any atom is -0.0991 e. The quantitative estimate of drug-likeness (QED) is 0.446. The van der Waals surface area contributed by atoms with Crippen LogP contribution in [0, 0.1) is 0 Å². The monoisotopic (exact) mass is 346 g/mol. The summed E-state index contributed by atoms with van der Waals surface area (Å²) in [7, 11) is 0. The van der Waals surface area contributed by atoms with Crippen LogP contribution in [0.4, 0.5) is 0 Å². The van der Waals surface area contributed by atoms with E-state index in [0.717, 1.165) is 12.8 Å². The Balaban J connectivity index is 2.33. The summed E-state index contributed by atoms with van der Waals surface area (Å²) in [5.41, 5.74) is 5.83. The molecule has 2 rings (SSSR count). The molecule has 0 heterocycles. The highest BCUT2D eigenvalue weighted by atomic mass is 14.3. The molecule has 0 saturated heterocycles. The predicted molar refractivity (Wildman–Crippen MR) is 117 cm³/mol. The summed E-state index contributed by atoms with van der Waals surface area (Å²) in [6.07, 6.45) is 18.3. The normalized spacial score (nSPS) is 17.9. The first-order valence-corrected chi connectivity index (χ1v) is 9.80. The summed E-state index contributed by atoms with van der Waals surface area (Å²) in [4.78, 5) is 0. The molecule has 1 aliphatic carbocycles. The van der Waals surface area contributed by atoms with Gasteiger partial charge in [-0.25, -0.2) is 0 Å². The summed E-state index contributed by atoms with van der Waals surface area (Å²) in [5.74, 6) is 0. The van der Waals surface area contributed by atoms with Crippen LogP contribution >= 0.6 is 0 Å². The lowest BCUT2D eigenvalue weighted by molar-refractivity contribution is 0.513. The fourth-order valence-corrected chi connectivity index (χ4v) is 3.65. The van der Waals surface area contributed by atoms with Crippen molar-refractivity contribution in [3.05, 3.63) is 95.6 Å². The van der Waals surface area contributed by atoms with Crippen molar-refractivity contribution < 1.29 is 0 Å². The molecule has 138 valence electrons. The average molecular weight is 347 g/mol. The molecule has 0 N–H and O–H groups in total. The van der Waals surface area contributed by atoms with E-state index in [9.17, 15) is 0 Å². The van der Waals surface area contributed by atoms with Crippen LogP contribution in [0.25, 0.3) is 0 Å². The van der Waals surface area contributed by atoms with E-state index in [0.29, 0.717) is 0 Å². The van der Waals surface area contributed by atoms with Gasteiger partial charge in [0.05, 0.1) is 0 Å². The fourth-order valence-electron chi connectivity index (χ4n) is 3.65. The molecule has 0 aromatic heterocycles. The molecule has 0 radical (unpaired) electrons. The van der Waals surface area contributed by atoms with E-state index < -0.39 is 0 Å². The summed E-state index contributed by atoms with van der Waals surface area (Å²) in [6, 6.07) is 9.31. The van der Waals surface area contributed by atoms with Crippen LogP contribution in [0.15, 0.2) is 84.5 Å². The van der Waals surface area contributed by atoms with Gasteiger partial charge in [0.2, 0.25) is 0 Å². The third-order valence-corrected chi connectivity index (χ3v) is 6.25. The number of allylic oxidation sites excluding steroid dienone is 9. The van der Waals surface area contributed by atoms with Crippen LogP contribution < -0.4 is 0 Å². The van der Waals surface area contributed by atoms with E-state index in [4.69, 9.17) is 0 Å². The van der Waals surface area contributed by atoms with Gasteiger partial charge in [-0.15, -0.1) is 0 Å². The van der Waals surface area contributed by atoms with Crippen LogP contribution in [0.3, 0.4) is 0 Å². The minimum atomic E-state index is 0.0134. The number of hydrogen-bond donors (Lipinski definition) is 0. The molecular weight excluding hydrogens is 312 g/mol. The van der Waals surface area contributed by atoms with Crippen molar-refractivity contribution in [2.75, 3.05) is 0 Å². The van der Waals surface area contributed by atoms with Gasteiger partial charge in [0.15, 0.2) is 0 Å². The molecular formula is C26H34. The smallest absolute Gasteiger partial charge is 0.0134 e. The topological polar surface area (TPSA) is 0 Å². The van der Waals surface area contributed by atoms with Crippen LogP contribution in [0.5, 0.6) is 0 Å². The molecule has 1 unspecified atom stereocenters. The Morgan fingerprint density at radius 1 is 1.08 bits per heavy atom. The van der Waals surface area contributed by atoms with Crippen LogP contribution in [-0.4, -0.2) is 0 Å². The second-order valence-electron chi connectivity index (χ2n) is 8.02. The largest absolute Gasteiger partial charge is 0.0991 e. The summed E-state index contributed by atoms with van der Waals surface area (Å²) in [6.45, 7) is 15.2. The molecule has 0 aliphatic heterocycles. The fraction of sp³-hybridized carbons (Fsp3) is 0.385. The molecule has 0 heteroatoms. The molecule has 1 aliphatic rings. The average Bonchev–Trinajstić information content (AvgIpc) is 2.68. The highest BCUT2D eigenvalue weighted by Crippen LogP contribution is 2.40. The zero-order valence-electron chi connectivity index (χ0n) is 17.2. The van der Waals surface area contributed by atoms with E-state index in [1.165, 1.54) is 23.1 Å². The van der Waals surface area contributed by atoms with Crippen molar-refractivity contribution in [1.29, 1.82) is 0 Å². The van der Waals surface area contributed by atoms with Crippen molar-refractivity contribution in [1.82, 2.24) is 0 Å². The summed E-state index contributed by atoms with van der Waals surface area (Å²) >= 11 is 0. The molecule has 1 atom stereocenters. The summed E-state index contributed by atoms with van der Waals surface area (Å²) < 4.78 is 0. The third-order valence-electron chi connectivity index (χ3n) is 6.25. The highest BCUT2D eigenvalue weighted by Gasteiger charge is 2.30. The van der Waals surface area contributed by atoms with Crippen LogP contribution in [0.2, 0.25) is 0 Å². The Morgan fingerprint density at radius 2 is 1.73 bits per heavy atom. The van der Waals surface area contributed by atoms with Gasteiger partial charge in [0, 0.05) is 10.8 Å². The maximum absolute atomic E-state index is 3.73. The highest BCUT2D eigenvalue weighted by molar-refractivity contribution is 5.43. The van der Waals surface area contributed by atoms with E-state index >= 15 is 0 Å². The first-order valence-electron chi connectivity index (χ1n) is 9.80. The Labute approximate surface area is 160 Å². The molecule has 0 amide bonds. The van der Waals surface area contributed by atoms with Gasteiger partial charge in [0.25, 0.3) is 0 Å². The van der Waals surface area contributed by atoms with Gasteiger partial charge in [-0.3, -0.25) is 0 Å². The Kier molecular flexibility index (Phi) is 6.64. The molecule has 0 nitrogen and oxygen atoms in total. The van der Waals surface area contributed by atoms with E-state index in [-0.39, 0.29) is 10.8 Å². The lowest BCUT2D eigenvalue weighted by atomic mass is 9.70. The molecule has 0 fully saturated rings. The van der Waals surface area contributed by atoms with E-state index in [2.05, 4.69) is 95.8 Å². The lowest BCUT2D eigenvalue weighted by Gasteiger charge is -2.34. The molecule has 26 heavy (non-hydrogen) atoms. The van der Waals surface area contributed by atoms with Crippen molar-refractivity contribution >= 4 is 0 Å². The molecule has 0 bridgehead atoms. The Morgan fingerprint density at radius 3 is 2.27 bits per heavy atom. The van der Waals surface area contributed by atoms with Crippen molar-refractivity contribution in [2.24, 2.45) is 0 Å². The van der Waals surface area contributed by atoms with E-state index in [1.54, 1.807) is 5.57 Å². The summed E-state index contributed by atoms with van der Waals surface area (Å²) in [5, 5.41) is 0. The van der Waals surface area contributed by atoms with Gasteiger partial charge in [-0.2, -0.15) is 0 Å². The number of benzene rings is 1. The maximum Gasteiger partial charge on any atom is 0.0134 e. The molecule has 0 spiro atoms. The van der Waals surface area contributed by atoms with Crippen molar-refractivity contribution in [3.8, 4) is 0 Å². The van der Waals surface area contributed by atoms with Gasteiger partial charge < -0.3 is 0 Å². The standard InChI is InChI=1S/C26H34/c1-7-9-11-14-21(3)25(4,5)22-17-19-24(20-18-22)26(6,8-2)23-15-12-10-13-16-23/h7,9-12,14-15,17-20H,1,8,13,16H2,2-6H3. The van der Waals surface area contributed by atoms with Gasteiger partial charge in [-0.05, 0) is 37.3 Å². The molecule has 1 aromatic carbocycles. The Hall–Kier alpha value is -2.08. The zero-order chi connectivity index (χ0) is 19.2. The molecule has 1 aromatic rings. The first kappa shape index (κ1) is 20.2. The van der Waals surface area contributed by atoms with Crippen LogP contribution in [-0.2, 0) is 10.8 Å². The van der Waals surface area contributed by atoms with E-state index in [1.807, 2.05) is 12.2 Å². The number of rotatable bonds is 7. The van der Waals surface area contributed by atoms with Crippen LogP contribution in [0.1, 0.15) is 65.0 Å². The van der Waals surface area contributed by atoms with Gasteiger partial charge in [-0.1, -0.05) is 112 Å². The van der Waals surface area contributed by atoms with Crippen molar-refractivity contribution in [3.63, 3.8) is 0 Å². The third kappa shape index (κ3) is 4.18. The first-order chi connectivity index (χ1) is 12.4. The molecule has 0 saturated carbocycles. The zero-order valence-corrected chi connectivity index (χ0v) is 17.2. The van der Waals surface area contributed by atoms with Crippen molar-refractivity contribution in [2.45, 2.75) is 64.7 Å². The second kappa shape index (κ2) is 8.54. The minimum absolute atomic E-state index is 0.0134. The lowest BCUT2D eigenvalue weighted by Crippen LogP contribution is -2.25. The maximum atomic E-state index is 3.73. The van der Waals surface area contributed by atoms with Gasteiger partial charge >= 0.3 is 0 Å².